The highest BCUT2D eigenvalue weighted by Gasteiger charge is 2.14. The van der Waals surface area contributed by atoms with Crippen molar-refractivity contribution in [3.05, 3.63) is 12.4 Å². The van der Waals surface area contributed by atoms with E-state index in [0.717, 1.165) is 12.5 Å². The number of nitrogens with one attached hydrogen (secondary N) is 2. The van der Waals surface area contributed by atoms with Crippen LogP contribution in [0, 0.1) is 0 Å². The Morgan fingerprint density at radius 1 is 1.50 bits per heavy atom. The van der Waals surface area contributed by atoms with Crippen molar-refractivity contribution in [3.63, 3.8) is 0 Å². The fourth-order valence-corrected chi connectivity index (χ4v) is 1.37. The zero-order chi connectivity index (χ0) is 12.1. The Morgan fingerprint density at radius 2 is 2.19 bits per heavy atom. The maximum Gasteiger partial charge on any atom is 0.242 e. The second-order valence-corrected chi connectivity index (χ2v) is 4.07. The maximum atomic E-state index is 11.7. The maximum absolute atomic E-state index is 11.7. The van der Waals surface area contributed by atoms with Crippen molar-refractivity contribution in [1.82, 2.24) is 14.9 Å². The molecule has 0 fully saturated rings. The Hall–Kier alpha value is -1.52. The number of hydrogen-bond donors (Lipinski definition) is 2. The molecule has 0 spiro atoms. The third-order valence-electron chi connectivity index (χ3n) is 2.23. The summed E-state index contributed by atoms with van der Waals surface area (Å²) < 4.78 is 1.96. The molecule has 0 aliphatic carbocycles. The van der Waals surface area contributed by atoms with Gasteiger partial charge in [-0.05, 0) is 27.7 Å². The van der Waals surface area contributed by atoms with E-state index in [-0.39, 0.29) is 18.0 Å². The third-order valence-corrected chi connectivity index (χ3v) is 2.23. The third kappa shape index (κ3) is 3.25. The van der Waals surface area contributed by atoms with Crippen LogP contribution in [0.25, 0.3) is 0 Å². The number of nitrogens with zero attached hydrogens (tertiary/aromatic N) is 2. The van der Waals surface area contributed by atoms with Crippen molar-refractivity contribution < 1.29 is 4.79 Å². The van der Waals surface area contributed by atoms with E-state index in [9.17, 15) is 4.79 Å². The van der Waals surface area contributed by atoms with Gasteiger partial charge in [0.05, 0.1) is 0 Å². The number of carbonyl (C=O) groups excluding carboxylic acids is 1. The predicted octanol–water partition coefficient (Wildman–Crippen LogP) is 1.23. The Labute approximate surface area is 96.3 Å². The van der Waals surface area contributed by atoms with E-state index < -0.39 is 0 Å². The lowest BCUT2D eigenvalue weighted by molar-refractivity contribution is -0.122. The van der Waals surface area contributed by atoms with E-state index in [1.54, 1.807) is 6.20 Å². The summed E-state index contributed by atoms with van der Waals surface area (Å²) in [5.74, 6) is 0.717. The number of aryl methyl sites for hydroxylation is 1. The molecular weight excluding hydrogens is 204 g/mol. The Morgan fingerprint density at radius 3 is 2.75 bits per heavy atom. The molecule has 1 rings (SSSR count). The highest BCUT2D eigenvalue weighted by Crippen LogP contribution is 2.05. The molecule has 0 aliphatic heterocycles. The van der Waals surface area contributed by atoms with Crippen LogP contribution < -0.4 is 10.6 Å². The average Bonchev–Trinajstić information content (AvgIpc) is 2.64. The SMILES string of the molecule is CCn1ccnc1NC(C)C(=O)NC(C)C. The van der Waals surface area contributed by atoms with Gasteiger partial charge < -0.3 is 15.2 Å². The molecule has 0 radical (unpaired) electrons. The fraction of sp³-hybridized carbons (Fsp3) is 0.636. The largest absolute Gasteiger partial charge is 0.352 e. The van der Waals surface area contributed by atoms with Crippen molar-refractivity contribution in [2.45, 2.75) is 46.3 Å². The summed E-state index contributed by atoms with van der Waals surface area (Å²) in [6.07, 6.45) is 3.61. The monoisotopic (exact) mass is 224 g/mol. The van der Waals surface area contributed by atoms with Crippen LogP contribution in [-0.2, 0) is 11.3 Å². The van der Waals surface area contributed by atoms with Gasteiger partial charge in [0.15, 0.2) is 0 Å². The number of hydrogen-bond acceptors (Lipinski definition) is 3. The molecule has 1 amide bonds. The number of imidazole rings is 1. The van der Waals surface area contributed by atoms with Crippen LogP contribution in [-0.4, -0.2) is 27.5 Å². The first-order chi connectivity index (χ1) is 7.54. The standard InChI is InChI=1S/C11H20N4O/c1-5-15-7-6-12-11(15)14-9(4)10(16)13-8(2)3/h6-9H,5H2,1-4H3,(H,12,14)(H,13,16). The van der Waals surface area contributed by atoms with E-state index in [0.29, 0.717) is 0 Å². The lowest BCUT2D eigenvalue weighted by atomic mass is 10.3. The van der Waals surface area contributed by atoms with Gasteiger partial charge >= 0.3 is 0 Å². The van der Waals surface area contributed by atoms with Gasteiger partial charge in [0, 0.05) is 25.0 Å². The van der Waals surface area contributed by atoms with Crippen LogP contribution in [0.5, 0.6) is 0 Å². The minimum Gasteiger partial charge on any atom is -0.352 e. The molecule has 1 heterocycles. The van der Waals surface area contributed by atoms with Crippen molar-refractivity contribution in [2.24, 2.45) is 0 Å². The van der Waals surface area contributed by atoms with E-state index in [1.807, 2.05) is 38.5 Å². The van der Waals surface area contributed by atoms with Crippen molar-refractivity contribution in [2.75, 3.05) is 5.32 Å². The molecule has 1 aromatic heterocycles. The van der Waals surface area contributed by atoms with E-state index in [1.165, 1.54) is 0 Å². The average molecular weight is 224 g/mol. The quantitative estimate of drug-likeness (QED) is 0.791. The van der Waals surface area contributed by atoms with Crippen molar-refractivity contribution in [1.29, 1.82) is 0 Å². The molecule has 1 atom stereocenters. The van der Waals surface area contributed by atoms with Gasteiger partial charge in [0.25, 0.3) is 0 Å². The van der Waals surface area contributed by atoms with Gasteiger partial charge in [0.2, 0.25) is 11.9 Å². The van der Waals surface area contributed by atoms with E-state index in [4.69, 9.17) is 0 Å². The minimum atomic E-state index is -0.282. The van der Waals surface area contributed by atoms with Gasteiger partial charge in [-0.3, -0.25) is 4.79 Å². The topological polar surface area (TPSA) is 59.0 Å². The number of amides is 1. The van der Waals surface area contributed by atoms with Crippen molar-refractivity contribution in [3.8, 4) is 0 Å². The van der Waals surface area contributed by atoms with E-state index >= 15 is 0 Å². The smallest absolute Gasteiger partial charge is 0.242 e. The van der Waals surface area contributed by atoms with Crippen LogP contribution in [0.4, 0.5) is 5.95 Å². The van der Waals surface area contributed by atoms with Crippen LogP contribution >= 0.6 is 0 Å². The second-order valence-electron chi connectivity index (χ2n) is 4.07. The number of aromatic nitrogens is 2. The highest BCUT2D eigenvalue weighted by atomic mass is 16.2. The summed E-state index contributed by atoms with van der Waals surface area (Å²) in [6.45, 7) is 8.58. The molecule has 0 aromatic carbocycles. The Kier molecular flexibility index (Phi) is 4.34. The summed E-state index contributed by atoms with van der Waals surface area (Å²) in [4.78, 5) is 15.8. The van der Waals surface area contributed by atoms with Gasteiger partial charge in [-0.2, -0.15) is 0 Å². The summed E-state index contributed by atoms with van der Waals surface area (Å²) in [5, 5.41) is 5.94. The minimum absolute atomic E-state index is 0.0133. The number of rotatable bonds is 5. The zero-order valence-electron chi connectivity index (χ0n) is 10.3. The second kappa shape index (κ2) is 5.53. The molecular formula is C11H20N4O. The Bertz CT molecular complexity index is 346. The molecule has 2 N–H and O–H groups in total. The first kappa shape index (κ1) is 12.5. The fourth-order valence-electron chi connectivity index (χ4n) is 1.37. The lowest BCUT2D eigenvalue weighted by Gasteiger charge is -2.16. The first-order valence-corrected chi connectivity index (χ1v) is 5.62. The van der Waals surface area contributed by atoms with Crippen LogP contribution in [0.1, 0.15) is 27.7 Å². The molecule has 16 heavy (non-hydrogen) atoms. The number of anilines is 1. The molecule has 90 valence electrons. The lowest BCUT2D eigenvalue weighted by Crippen LogP contribution is -2.41. The van der Waals surface area contributed by atoms with Gasteiger partial charge in [0.1, 0.15) is 6.04 Å². The molecule has 0 saturated carbocycles. The molecule has 1 unspecified atom stereocenters. The molecule has 5 nitrogen and oxygen atoms in total. The summed E-state index contributed by atoms with van der Waals surface area (Å²) >= 11 is 0. The van der Waals surface area contributed by atoms with Crippen LogP contribution in [0.3, 0.4) is 0 Å². The summed E-state index contributed by atoms with van der Waals surface area (Å²) in [7, 11) is 0. The molecule has 0 aliphatic rings. The van der Waals surface area contributed by atoms with Crippen LogP contribution in [0.2, 0.25) is 0 Å². The Balaban J connectivity index is 2.57. The first-order valence-electron chi connectivity index (χ1n) is 5.62. The van der Waals surface area contributed by atoms with Crippen LogP contribution in [0.15, 0.2) is 12.4 Å². The van der Waals surface area contributed by atoms with Crippen molar-refractivity contribution >= 4 is 11.9 Å². The number of carbonyl (C=O) groups is 1. The van der Waals surface area contributed by atoms with Gasteiger partial charge in [-0.1, -0.05) is 0 Å². The molecule has 0 saturated heterocycles. The van der Waals surface area contributed by atoms with E-state index in [2.05, 4.69) is 15.6 Å². The summed E-state index contributed by atoms with van der Waals surface area (Å²) in [6, 6.07) is -0.127. The zero-order valence-corrected chi connectivity index (χ0v) is 10.3. The molecule has 0 bridgehead atoms. The summed E-state index contributed by atoms with van der Waals surface area (Å²) in [5.41, 5.74) is 0. The highest BCUT2D eigenvalue weighted by molar-refractivity contribution is 5.83. The normalized spacial score (nSPS) is 12.6. The van der Waals surface area contributed by atoms with Gasteiger partial charge in [-0.25, -0.2) is 4.98 Å². The van der Waals surface area contributed by atoms with Gasteiger partial charge in [-0.15, -0.1) is 0 Å². The predicted molar refractivity (Wildman–Crippen MR) is 64.3 cm³/mol. The molecule has 1 aromatic rings. The molecule has 5 heteroatoms.